The van der Waals surface area contributed by atoms with E-state index in [-0.39, 0.29) is 0 Å². The maximum absolute atomic E-state index is 10.6. The molecule has 2 heteroatoms. The van der Waals surface area contributed by atoms with Crippen LogP contribution in [0.25, 0.3) is 10.9 Å². The van der Waals surface area contributed by atoms with E-state index in [1.807, 2.05) is 30.3 Å². The summed E-state index contributed by atoms with van der Waals surface area (Å²) < 4.78 is 0. The minimum Gasteiger partial charge on any atom is -0.388 e. The number of para-hydroxylation sites is 1. The average molecular weight is 277 g/mol. The molecule has 0 saturated heterocycles. The molecule has 1 aromatic heterocycles. The van der Waals surface area contributed by atoms with Crippen molar-refractivity contribution in [3.8, 4) is 0 Å². The van der Waals surface area contributed by atoms with Crippen molar-refractivity contribution < 1.29 is 5.11 Å². The highest BCUT2D eigenvalue weighted by Crippen LogP contribution is 2.25. The molecule has 1 N–H and O–H groups in total. The molecular formula is C19H19NO. The molecule has 106 valence electrons. The lowest BCUT2D eigenvalue weighted by Crippen LogP contribution is -2.03. The molecular weight excluding hydrogens is 258 g/mol. The topological polar surface area (TPSA) is 33.1 Å². The van der Waals surface area contributed by atoms with Gasteiger partial charge in [-0.05, 0) is 35.2 Å². The highest BCUT2D eigenvalue weighted by Gasteiger charge is 2.12. The Labute approximate surface area is 125 Å². The summed E-state index contributed by atoms with van der Waals surface area (Å²) in [6.07, 6.45) is 2.92. The molecule has 1 atom stereocenters. The zero-order valence-electron chi connectivity index (χ0n) is 12.2. The second-order valence-corrected chi connectivity index (χ2v) is 5.31. The zero-order chi connectivity index (χ0) is 14.7. The Morgan fingerprint density at radius 1 is 0.952 bits per heavy atom. The van der Waals surface area contributed by atoms with Crippen LogP contribution < -0.4 is 0 Å². The number of rotatable bonds is 4. The van der Waals surface area contributed by atoms with Gasteiger partial charge in [-0.2, -0.15) is 0 Å². The van der Waals surface area contributed by atoms with Gasteiger partial charge in [-0.25, -0.2) is 0 Å². The van der Waals surface area contributed by atoms with E-state index < -0.39 is 6.10 Å². The maximum Gasteiger partial charge on any atom is 0.0837 e. The summed E-state index contributed by atoms with van der Waals surface area (Å²) in [5.74, 6) is 0. The van der Waals surface area contributed by atoms with Crippen LogP contribution in [0.4, 0.5) is 0 Å². The van der Waals surface area contributed by atoms with Crippen molar-refractivity contribution in [3.63, 3.8) is 0 Å². The van der Waals surface area contributed by atoms with Gasteiger partial charge < -0.3 is 5.11 Å². The van der Waals surface area contributed by atoms with E-state index in [0.29, 0.717) is 6.42 Å². The number of benzene rings is 2. The lowest BCUT2D eigenvalue weighted by Gasteiger charge is -2.14. The van der Waals surface area contributed by atoms with E-state index >= 15 is 0 Å². The molecule has 0 saturated carbocycles. The monoisotopic (exact) mass is 277 g/mol. The molecule has 0 spiro atoms. The molecule has 0 radical (unpaired) electrons. The molecule has 3 rings (SSSR count). The molecule has 0 aliphatic rings. The van der Waals surface area contributed by atoms with E-state index in [9.17, 15) is 5.11 Å². The maximum atomic E-state index is 10.6. The summed E-state index contributed by atoms with van der Waals surface area (Å²) in [6, 6.07) is 18.3. The van der Waals surface area contributed by atoms with Crippen molar-refractivity contribution in [1.29, 1.82) is 0 Å². The average Bonchev–Trinajstić information content (AvgIpc) is 2.55. The van der Waals surface area contributed by atoms with E-state index in [1.165, 1.54) is 5.56 Å². The Morgan fingerprint density at radius 3 is 2.43 bits per heavy atom. The van der Waals surface area contributed by atoms with Gasteiger partial charge in [0.15, 0.2) is 0 Å². The van der Waals surface area contributed by atoms with E-state index in [0.717, 1.165) is 28.5 Å². The molecule has 1 unspecified atom stereocenters. The van der Waals surface area contributed by atoms with Crippen LogP contribution in [0.3, 0.4) is 0 Å². The van der Waals surface area contributed by atoms with E-state index in [1.54, 1.807) is 6.20 Å². The second-order valence-electron chi connectivity index (χ2n) is 5.31. The van der Waals surface area contributed by atoms with Gasteiger partial charge in [0.25, 0.3) is 0 Å². The summed E-state index contributed by atoms with van der Waals surface area (Å²) in [7, 11) is 0. The Bertz CT molecular complexity index is 729. The molecule has 0 fully saturated rings. The summed E-state index contributed by atoms with van der Waals surface area (Å²) in [6.45, 7) is 2.15. The van der Waals surface area contributed by atoms with Crippen molar-refractivity contribution >= 4 is 10.9 Å². The lowest BCUT2D eigenvalue weighted by molar-refractivity contribution is 0.180. The smallest absolute Gasteiger partial charge is 0.0837 e. The fraction of sp³-hybridized carbons (Fsp3) is 0.211. The zero-order valence-corrected chi connectivity index (χ0v) is 12.2. The summed E-state index contributed by atoms with van der Waals surface area (Å²) in [5, 5.41) is 11.6. The van der Waals surface area contributed by atoms with Gasteiger partial charge in [-0.3, -0.25) is 4.98 Å². The third-order valence-corrected chi connectivity index (χ3v) is 3.90. The van der Waals surface area contributed by atoms with Crippen molar-refractivity contribution in [3.05, 3.63) is 77.5 Å². The summed E-state index contributed by atoms with van der Waals surface area (Å²) in [4.78, 5) is 4.34. The van der Waals surface area contributed by atoms with Crippen LogP contribution in [-0.2, 0) is 12.8 Å². The highest BCUT2D eigenvalue weighted by atomic mass is 16.3. The van der Waals surface area contributed by atoms with Crippen molar-refractivity contribution in [2.24, 2.45) is 0 Å². The van der Waals surface area contributed by atoms with E-state index in [2.05, 4.69) is 36.2 Å². The van der Waals surface area contributed by atoms with Crippen molar-refractivity contribution in [1.82, 2.24) is 4.98 Å². The second kappa shape index (κ2) is 6.06. The third-order valence-electron chi connectivity index (χ3n) is 3.90. The molecule has 2 nitrogen and oxygen atoms in total. The first kappa shape index (κ1) is 13.8. The van der Waals surface area contributed by atoms with Gasteiger partial charge in [0.2, 0.25) is 0 Å². The molecule has 1 heterocycles. The van der Waals surface area contributed by atoms with Gasteiger partial charge in [0.05, 0.1) is 11.6 Å². The number of pyridine rings is 1. The minimum absolute atomic E-state index is 0.509. The van der Waals surface area contributed by atoms with Crippen LogP contribution in [0.1, 0.15) is 29.7 Å². The fourth-order valence-corrected chi connectivity index (χ4v) is 2.65. The largest absolute Gasteiger partial charge is 0.388 e. The minimum atomic E-state index is -0.509. The predicted molar refractivity (Wildman–Crippen MR) is 86.2 cm³/mol. The standard InChI is InChI=1S/C19H19NO/c1-2-14-7-9-15(10-8-14)13-19(21)17-11-12-20-18-6-4-3-5-16(17)18/h3-12,19,21H,2,13H2,1H3. The molecule has 0 aliphatic carbocycles. The first-order valence-corrected chi connectivity index (χ1v) is 7.37. The van der Waals surface area contributed by atoms with Crippen molar-refractivity contribution in [2.45, 2.75) is 25.9 Å². The van der Waals surface area contributed by atoms with Crippen LogP contribution in [0.15, 0.2) is 60.8 Å². The third kappa shape index (κ3) is 2.96. The fourth-order valence-electron chi connectivity index (χ4n) is 2.65. The van der Waals surface area contributed by atoms with E-state index in [4.69, 9.17) is 0 Å². The van der Waals surface area contributed by atoms with Crippen LogP contribution in [0, 0.1) is 0 Å². The normalized spacial score (nSPS) is 12.5. The van der Waals surface area contributed by atoms with Crippen LogP contribution in [0.5, 0.6) is 0 Å². The number of hydrogen-bond donors (Lipinski definition) is 1. The number of fused-ring (bicyclic) bond motifs is 1. The van der Waals surface area contributed by atoms with Gasteiger partial charge >= 0.3 is 0 Å². The van der Waals surface area contributed by atoms with Gasteiger partial charge in [-0.1, -0.05) is 49.4 Å². The van der Waals surface area contributed by atoms with Crippen LogP contribution in [-0.4, -0.2) is 10.1 Å². The Morgan fingerprint density at radius 2 is 1.67 bits per heavy atom. The van der Waals surface area contributed by atoms with Gasteiger partial charge in [-0.15, -0.1) is 0 Å². The summed E-state index contributed by atoms with van der Waals surface area (Å²) in [5.41, 5.74) is 4.35. The number of aryl methyl sites for hydroxylation is 1. The molecule has 2 aromatic carbocycles. The number of aromatic nitrogens is 1. The lowest BCUT2D eigenvalue weighted by atomic mass is 9.97. The summed E-state index contributed by atoms with van der Waals surface area (Å²) >= 11 is 0. The molecule has 3 aromatic rings. The van der Waals surface area contributed by atoms with Crippen LogP contribution >= 0.6 is 0 Å². The number of aliphatic hydroxyl groups is 1. The Hall–Kier alpha value is -2.19. The van der Waals surface area contributed by atoms with Crippen molar-refractivity contribution in [2.75, 3.05) is 0 Å². The van der Waals surface area contributed by atoms with Gasteiger partial charge in [0.1, 0.15) is 0 Å². The molecule has 0 amide bonds. The van der Waals surface area contributed by atoms with Crippen LogP contribution in [0.2, 0.25) is 0 Å². The Kier molecular flexibility index (Phi) is 3.98. The first-order valence-electron chi connectivity index (χ1n) is 7.37. The predicted octanol–water partition coefficient (Wildman–Crippen LogP) is 4.07. The molecule has 21 heavy (non-hydrogen) atoms. The van der Waals surface area contributed by atoms with Gasteiger partial charge in [0, 0.05) is 18.0 Å². The SMILES string of the molecule is CCc1ccc(CC(O)c2ccnc3ccccc23)cc1. The Balaban J connectivity index is 1.88. The highest BCUT2D eigenvalue weighted by molar-refractivity contribution is 5.82. The molecule has 0 bridgehead atoms. The quantitative estimate of drug-likeness (QED) is 0.779. The number of nitrogens with zero attached hydrogens (tertiary/aromatic N) is 1. The number of aliphatic hydroxyl groups excluding tert-OH is 1. The number of hydrogen-bond acceptors (Lipinski definition) is 2. The molecule has 0 aliphatic heterocycles. The first-order chi connectivity index (χ1) is 10.3.